The predicted molar refractivity (Wildman–Crippen MR) is 112 cm³/mol. The number of rotatable bonds is 3. The number of aromatic nitrogens is 2. The minimum atomic E-state index is -0.289. The number of carbonyl (C=O) groups is 1. The van der Waals surface area contributed by atoms with Gasteiger partial charge in [0.2, 0.25) is 0 Å². The van der Waals surface area contributed by atoms with Crippen molar-refractivity contribution in [2.45, 2.75) is 6.92 Å². The van der Waals surface area contributed by atoms with E-state index in [0.29, 0.717) is 21.3 Å². The number of pyridine rings is 1. The van der Waals surface area contributed by atoms with E-state index in [9.17, 15) is 4.79 Å². The standard InChI is InChI=1S/C20H13Cl2N3OS/c1-11-4-5-12(19-25-16-3-2-8-23-20(16)27-19)9-17(11)24-18(26)14-7-6-13(21)10-15(14)22/h2-10H,1H3,(H,24,26). The summed E-state index contributed by atoms with van der Waals surface area (Å²) in [5.41, 5.74) is 3.79. The van der Waals surface area contributed by atoms with E-state index in [1.807, 2.05) is 37.3 Å². The Balaban J connectivity index is 1.67. The van der Waals surface area contributed by atoms with Crippen LogP contribution in [0.15, 0.2) is 54.7 Å². The van der Waals surface area contributed by atoms with Gasteiger partial charge in [-0.1, -0.05) is 46.7 Å². The van der Waals surface area contributed by atoms with Crippen molar-refractivity contribution in [1.82, 2.24) is 9.97 Å². The molecule has 0 radical (unpaired) electrons. The number of carbonyl (C=O) groups excluding carboxylic acids is 1. The minimum absolute atomic E-state index is 0.289. The fourth-order valence-corrected chi connectivity index (χ4v) is 4.04. The summed E-state index contributed by atoms with van der Waals surface area (Å²) in [4.78, 5) is 22.5. The van der Waals surface area contributed by atoms with E-state index in [1.54, 1.807) is 24.4 Å². The Kier molecular flexibility index (Phi) is 4.83. The van der Waals surface area contributed by atoms with E-state index in [0.717, 1.165) is 26.5 Å². The molecule has 4 rings (SSSR count). The number of halogens is 2. The van der Waals surface area contributed by atoms with Crippen molar-refractivity contribution in [3.63, 3.8) is 0 Å². The molecule has 0 aliphatic carbocycles. The molecule has 2 aromatic heterocycles. The fourth-order valence-electron chi connectivity index (χ4n) is 2.65. The number of benzene rings is 2. The quantitative estimate of drug-likeness (QED) is 0.433. The second-order valence-electron chi connectivity index (χ2n) is 5.95. The molecule has 0 spiro atoms. The first kappa shape index (κ1) is 17.9. The maximum Gasteiger partial charge on any atom is 0.257 e. The lowest BCUT2D eigenvalue weighted by atomic mass is 10.1. The third-order valence-electron chi connectivity index (χ3n) is 4.07. The highest BCUT2D eigenvalue weighted by Gasteiger charge is 2.14. The van der Waals surface area contributed by atoms with Crippen LogP contribution in [0.1, 0.15) is 15.9 Å². The van der Waals surface area contributed by atoms with E-state index in [-0.39, 0.29) is 5.91 Å². The van der Waals surface area contributed by atoms with E-state index in [1.165, 1.54) is 11.3 Å². The second kappa shape index (κ2) is 7.27. The monoisotopic (exact) mass is 413 g/mol. The van der Waals surface area contributed by atoms with Gasteiger partial charge >= 0.3 is 0 Å². The molecule has 2 heterocycles. The van der Waals surface area contributed by atoms with Crippen molar-refractivity contribution in [2.24, 2.45) is 0 Å². The van der Waals surface area contributed by atoms with Crippen LogP contribution >= 0.6 is 34.5 Å². The van der Waals surface area contributed by atoms with E-state index < -0.39 is 0 Å². The Morgan fingerprint density at radius 2 is 1.96 bits per heavy atom. The molecule has 0 bridgehead atoms. The van der Waals surface area contributed by atoms with Crippen molar-refractivity contribution >= 4 is 56.5 Å². The molecule has 2 aromatic carbocycles. The Labute approximate surface area is 169 Å². The number of amides is 1. The first-order valence-corrected chi connectivity index (χ1v) is 9.67. The lowest BCUT2D eigenvalue weighted by Crippen LogP contribution is -2.13. The van der Waals surface area contributed by atoms with Gasteiger partial charge in [0, 0.05) is 22.5 Å². The summed E-state index contributed by atoms with van der Waals surface area (Å²) in [5.74, 6) is -0.289. The summed E-state index contributed by atoms with van der Waals surface area (Å²) in [6.45, 7) is 1.93. The lowest BCUT2D eigenvalue weighted by molar-refractivity contribution is 0.102. The van der Waals surface area contributed by atoms with Crippen LogP contribution < -0.4 is 5.32 Å². The molecule has 4 aromatic rings. The van der Waals surface area contributed by atoms with Gasteiger partial charge in [-0.05, 0) is 48.9 Å². The number of anilines is 1. The first-order chi connectivity index (χ1) is 13.0. The number of aryl methyl sites for hydroxylation is 1. The van der Waals surface area contributed by atoms with Crippen LogP contribution in [-0.4, -0.2) is 15.9 Å². The van der Waals surface area contributed by atoms with Crippen molar-refractivity contribution < 1.29 is 4.79 Å². The molecule has 0 aliphatic heterocycles. The first-order valence-electron chi connectivity index (χ1n) is 8.10. The fraction of sp³-hybridized carbons (Fsp3) is 0.0500. The van der Waals surface area contributed by atoms with Crippen molar-refractivity contribution in [1.29, 1.82) is 0 Å². The normalized spacial score (nSPS) is 10.9. The topological polar surface area (TPSA) is 54.9 Å². The lowest BCUT2D eigenvalue weighted by Gasteiger charge is -2.11. The molecule has 0 fully saturated rings. The van der Waals surface area contributed by atoms with Crippen LogP contribution in [0, 0.1) is 6.92 Å². The van der Waals surface area contributed by atoms with Gasteiger partial charge in [0.05, 0.1) is 10.6 Å². The second-order valence-corrected chi connectivity index (χ2v) is 7.78. The molecule has 7 heteroatoms. The summed E-state index contributed by atoms with van der Waals surface area (Å²) >= 11 is 13.6. The summed E-state index contributed by atoms with van der Waals surface area (Å²) in [6.07, 6.45) is 1.75. The van der Waals surface area contributed by atoms with Crippen molar-refractivity contribution in [3.05, 3.63) is 75.9 Å². The zero-order chi connectivity index (χ0) is 19.0. The third-order valence-corrected chi connectivity index (χ3v) is 5.65. The molecular weight excluding hydrogens is 401 g/mol. The Bertz CT molecular complexity index is 1140. The van der Waals surface area contributed by atoms with Crippen molar-refractivity contribution in [3.8, 4) is 10.6 Å². The average Bonchev–Trinajstić information content (AvgIpc) is 3.07. The zero-order valence-electron chi connectivity index (χ0n) is 14.2. The highest BCUT2D eigenvalue weighted by molar-refractivity contribution is 7.21. The Hall–Kier alpha value is -2.47. The molecule has 1 N–H and O–H groups in total. The van der Waals surface area contributed by atoms with E-state index >= 15 is 0 Å². The van der Waals surface area contributed by atoms with Crippen LogP contribution in [0.25, 0.3) is 20.9 Å². The third kappa shape index (κ3) is 3.67. The van der Waals surface area contributed by atoms with Crippen molar-refractivity contribution in [2.75, 3.05) is 5.32 Å². The van der Waals surface area contributed by atoms with Gasteiger partial charge in [0.25, 0.3) is 5.91 Å². The molecule has 0 aliphatic rings. The van der Waals surface area contributed by atoms with Gasteiger partial charge in [-0.2, -0.15) is 0 Å². The van der Waals surface area contributed by atoms with Gasteiger partial charge < -0.3 is 5.32 Å². The number of hydrogen-bond donors (Lipinski definition) is 1. The highest BCUT2D eigenvalue weighted by Crippen LogP contribution is 2.32. The van der Waals surface area contributed by atoms with Crippen LogP contribution in [0.3, 0.4) is 0 Å². The Morgan fingerprint density at radius 1 is 1.11 bits per heavy atom. The van der Waals surface area contributed by atoms with E-state index in [2.05, 4.69) is 15.3 Å². The van der Waals surface area contributed by atoms with Gasteiger partial charge in [0.1, 0.15) is 15.4 Å². The van der Waals surface area contributed by atoms with Crippen LogP contribution in [0.5, 0.6) is 0 Å². The zero-order valence-corrected chi connectivity index (χ0v) is 16.5. The SMILES string of the molecule is Cc1ccc(-c2nc3cccnc3s2)cc1NC(=O)c1ccc(Cl)cc1Cl. The summed E-state index contributed by atoms with van der Waals surface area (Å²) in [5, 5.41) is 4.57. The molecule has 0 atom stereocenters. The Morgan fingerprint density at radius 3 is 2.74 bits per heavy atom. The van der Waals surface area contributed by atoms with Gasteiger partial charge in [-0.3, -0.25) is 4.79 Å². The molecule has 0 saturated heterocycles. The number of hydrogen-bond acceptors (Lipinski definition) is 4. The molecule has 1 amide bonds. The number of nitrogens with zero attached hydrogens (tertiary/aromatic N) is 2. The van der Waals surface area contributed by atoms with Gasteiger partial charge in [-0.15, -0.1) is 0 Å². The number of nitrogens with one attached hydrogen (secondary N) is 1. The van der Waals surface area contributed by atoms with Gasteiger partial charge in [-0.25, -0.2) is 9.97 Å². The summed E-state index contributed by atoms with van der Waals surface area (Å²) in [6, 6.07) is 14.4. The largest absolute Gasteiger partial charge is 0.322 e. The highest BCUT2D eigenvalue weighted by atomic mass is 35.5. The summed E-state index contributed by atoms with van der Waals surface area (Å²) < 4.78 is 0. The molecule has 0 saturated carbocycles. The number of fused-ring (bicyclic) bond motifs is 1. The van der Waals surface area contributed by atoms with Crippen LogP contribution in [0.2, 0.25) is 10.0 Å². The van der Waals surface area contributed by atoms with Crippen LogP contribution in [0.4, 0.5) is 5.69 Å². The van der Waals surface area contributed by atoms with Crippen LogP contribution in [-0.2, 0) is 0 Å². The smallest absolute Gasteiger partial charge is 0.257 e. The van der Waals surface area contributed by atoms with E-state index in [4.69, 9.17) is 23.2 Å². The molecule has 134 valence electrons. The molecular formula is C20H13Cl2N3OS. The molecule has 27 heavy (non-hydrogen) atoms. The maximum atomic E-state index is 12.6. The maximum absolute atomic E-state index is 12.6. The average molecular weight is 414 g/mol. The molecule has 0 unspecified atom stereocenters. The van der Waals surface area contributed by atoms with Gasteiger partial charge in [0.15, 0.2) is 0 Å². The summed E-state index contributed by atoms with van der Waals surface area (Å²) in [7, 11) is 0. The predicted octanol–water partition coefficient (Wildman–Crippen LogP) is 6.23. The number of thiazole rings is 1. The molecule has 4 nitrogen and oxygen atoms in total. The minimum Gasteiger partial charge on any atom is -0.322 e.